The van der Waals surface area contributed by atoms with Crippen molar-refractivity contribution in [3.8, 4) is 11.7 Å². The summed E-state index contributed by atoms with van der Waals surface area (Å²) < 4.78 is 10.7. The van der Waals surface area contributed by atoms with E-state index in [1.165, 1.54) is 24.6 Å². The maximum absolute atomic E-state index is 12.1. The van der Waals surface area contributed by atoms with E-state index in [0.717, 1.165) is 6.42 Å². The van der Waals surface area contributed by atoms with Gasteiger partial charge in [-0.25, -0.2) is 0 Å². The van der Waals surface area contributed by atoms with Gasteiger partial charge in [0.1, 0.15) is 0 Å². The first-order valence-electron chi connectivity index (χ1n) is 7.93. The number of furan rings is 1. The van der Waals surface area contributed by atoms with Crippen LogP contribution in [0.1, 0.15) is 33.1 Å². The average molecular weight is 335 g/mol. The van der Waals surface area contributed by atoms with Gasteiger partial charge >= 0.3 is 0 Å². The van der Waals surface area contributed by atoms with Crippen molar-refractivity contribution in [3.05, 3.63) is 18.4 Å². The lowest BCUT2D eigenvalue weighted by Crippen LogP contribution is -2.44. The van der Waals surface area contributed by atoms with E-state index in [2.05, 4.69) is 29.4 Å². The van der Waals surface area contributed by atoms with Crippen molar-refractivity contribution in [1.29, 1.82) is 0 Å². The van der Waals surface area contributed by atoms with E-state index in [9.17, 15) is 4.79 Å². The summed E-state index contributed by atoms with van der Waals surface area (Å²) in [5, 5.41) is 11.3. The number of rotatable bonds is 5. The lowest BCUT2D eigenvalue weighted by molar-refractivity contribution is -0.120. The zero-order chi connectivity index (χ0) is 16.2. The molecule has 0 bridgehead atoms. The lowest BCUT2D eigenvalue weighted by atomic mass is 9.78. The normalized spacial score (nSPS) is 24.5. The fourth-order valence-corrected chi connectivity index (χ4v) is 3.50. The molecule has 124 valence electrons. The molecule has 6 nitrogen and oxygen atoms in total. The summed E-state index contributed by atoms with van der Waals surface area (Å²) in [6.45, 7) is 4.47. The Morgan fingerprint density at radius 3 is 3.04 bits per heavy atom. The van der Waals surface area contributed by atoms with E-state index < -0.39 is 0 Å². The molecule has 3 rings (SSSR count). The topological polar surface area (TPSA) is 81.2 Å². The Labute approximate surface area is 139 Å². The number of amides is 1. The predicted molar refractivity (Wildman–Crippen MR) is 86.8 cm³/mol. The standard InChI is InChI=1S/C16H21N3O3S/c1-10-5-3-6-12(11(10)2)17-14(20)9-23-16-19-18-15(22-16)13-7-4-8-21-13/h4,7-8,10-12H,3,5-6,9H2,1-2H3,(H,17,20)/t10-,11-,12+/m1/s1. The third kappa shape index (κ3) is 3.96. The molecule has 7 heteroatoms. The van der Waals surface area contributed by atoms with Crippen LogP contribution in [0.2, 0.25) is 0 Å². The van der Waals surface area contributed by atoms with Gasteiger partial charge in [-0.15, -0.1) is 10.2 Å². The number of thioether (sulfide) groups is 1. The van der Waals surface area contributed by atoms with E-state index in [0.29, 0.717) is 28.7 Å². The number of aromatic nitrogens is 2. The highest BCUT2D eigenvalue weighted by Gasteiger charge is 2.28. The third-order valence-electron chi connectivity index (χ3n) is 4.52. The molecule has 1 saturated carbocycles. The van der Waals surface area contributed by atoms with Gasteiger partial charge in [0.25, 0.3) is 11.1 Å². The second-order valence-electron chi connectivity index (χ2n) is 6.08. The molecule has 1 N–H and O–H groups in total. The molecule has 1 amide bonds. The Balaban J connectivity index is 1.49. The van der Waals surface area contributed by atoms with E-state index in [-0.39, 0.29) is 17.7 Å². The highest BCUT2D eigenvalue weighted by Crippen LogP contribution is 2.29. The van der Waals surface area contributed by atoms with Crippen LogP contribution >= 0.6 is 11.8 Å². The van der Waals surface area contributed by atoms with Crippen molar-refractivity contribution in [2.75, 3.05) is 5.75 Å². The Morgan fingerprint density at radius 2 is 2.26 bits per heavy atom. The summed E-state index contributed by atoms with van der Waals surface area (Å²) in [6, 6.07) is 3.78. The molecule has 1 aliphatic carbocycles. The van der Waals surface area contributed by atoms with Crippen LogP contribution in [-0.4, -0.2) is 27.9 Å². The number of hydrogen-bond donors (Lipinski definition) is 1. The van der Waals surface area contributed by atoms with Crippen LogP contribution in [0.15, 0.2) is 32.5 Å². The fraction of sp³-hybridized carbons (Fsp3) is 0.562. The monoisotopic (exact) mass is 335 g/mol. The number of nitrogens with one attached hydrogen (secondary N) is 1. The molecule has 0 saturated heterocycles. The van der Waals surface area contributed by atoms with Crippen LogP contribution in [0.5, 0.6) is 0 Å². The highest BCUT2D eigenvalue weighted by atomic mass is 32.2. The van der Waals surface area contributed by atoms with Crippen molar-refractivity contribution in [2.45, 2.75) is 44.4 Å². The van der Waals surface area contributed by atoms with Gasteiger partial charge in [0.15, 0.2) is 5.76 Å². The average Bonchev–Trinajstić information content (AvgIpc) is 3.20. The number of hydrogen-bond acceptors (Lipinski definition) is 6. The predicted octanol–water partition coefficient (Wildman–Crippen LogP) is 3.36. The molecule has 2 heterocycles. The molecule has 1 aliphatic rings. The Bertz CT molecular complexity index is 641. The van der Waals surface area contributed by atoms with Crippen molar-refractivity contribution in [1.82, 2.24) is 15.5 Å². The minimum Gasteiger partial charge on any atom is -0.459 e. The van der Waals surface area contributed by atoms with E-state index in [1.807, 2.05) is 0 Å². The number of nitrogens with zero attached hydrogens (tertiary/aromatic N) is 2. The summed E-state index contributed by atoms with van der Waals surface area (Å²) in [7, 11) is 0. The molecule has 2 aromatic rings. The first-order chi connectivity index (χ1) is 11.1. The molecule has 0 aliphatic heterocycles. The maximum atomic E-state index is 12.1. The van der Waals surface area contributed by atoms with E-state index in [1.54, 1.807) is 18.4 Å². The first-order valence-corrected chi connectivity index (χ1v) is 8.91. The van der Waals surface area contributed by atoms with Crippen LogP contribution in [-0.2, 0) is 4.79 Å². The van der Waals surface area contributed by atoms with Gasteiger partial charge in [0.2, 0.25) is 5.91 Å². The van der Waals surface area contributed by atoms with Crippen LogP contribution in [0.3, 0.4) is 0 Å². The fourth-order valence-electron chi connectivity index (χ4n) is 2.93. The largest absolute Gasteiger partial charge is 0.459 e. The minimum absolute atomic E-state index is 0.0127. The number of carbonyl (C=O) groups excluding carboxylic acids is 1. The SMILES string of the molecule is C[C@@H]1[C@H](C)CCC[C@@H]1NC(=O)CSc1nnc(-c2ccco2)o1. The van der Waals surface area contributed by atoms with Crippen molar-refractivity contribution >= 4 is 17.7 Å². The van der Waals surface area contributed by atoms with Gasteiger partial charge in [0.05, 0.1) is 12.0 Å². The zero-order valence-corrected chi connectivity index (χ0v) is 14.1. The summed E-state index contributed by atoms with van der Waals surface area (Å²) in [4.78, 5) is 12.1. The molecule has 3 atom stereocenters. The molecule has 0 radical (unpaired) electrons. The smallest absolute Gasteiger partial charge is 0.284 e. The highest BCUT2D eigenvalue weighted by molar-refractivity contribution is 7.99. The van der Waals surface area contributed by atoms with E-state index in [4.69, 9.17) is 8.83 Å². The van der Waals surface area contributed by atoms with Crippen LogP contribution in [0.4, 0.5) is 0 Å². The van der Waals surface area contributed by atoms with Gasteiger partial charge in [-0.2, -0.15) is 0 Å². The molecule has 0 unspecified atom stereocenters. The van der Waals surface area contributed by atoms with Gasteiger partial charge in [-0.05, 0) is 30.4 Å². The Kier molecular flexibility index (Phi) is 5.05. The first kappa shape index (κ1) is 16.1. The van der Waals surface area contributed by atoms with Crippen LogP contribution < -0.4 is 5.32 Å². The van der Waals surface area contributed by atoms with Crippen LogP contribution in [0.25, 0.3) is 11.7 Å². The second-order valence-corrected chi connectivity index (χ2v) is 7.01. The third-order valence-corrected chi connectivity index (χ3v) is 5.34. The quantitative estimate of drug-likeness (QED) is 0.844. The lowest BCUT2D eigenvalue weighted by Gasteiger charge is -2.34. The van der Waals surface area contributed by atoms with Gasteiger partial charge in [-0.3, -0.25) is 4.79 Å². The van der Waals surface area contributed by atoms with Gasteiger partial charge < -0.3 is 14.2 Å². The Morgan fingerprint density at radius 1 is 1.39 bits per heavy atom. The summed E-state index contributed by atoms with van der Waals surface area (Å²) in [5.74, 6) is 2.32. The molecule has 1 fully saturated rings. The van der Waals surface area contributed by atoms with Gasteiger partial charge in [0, 0.05) is 6.04 Å². The molecule has 23 heavy (non-hydrogen) atoms. The molecule has 0 aromatic carbocycles. The van der Waals surface area contributed by atoms with Crippen molar-refractivity contribution in [2.24, 2.45) is 11.8 Å². The Hall–Kier alpha value is -1.76. The summed E-state index contributed by atoms with van der Waals surface area (Å²) in [5.41, 5.74) is 0. The molecular weight excluding hydrogens is 314 g/mol. The molecule has 2 aromatic heterocycles. The molecule has 0 spiro atoms. The summed E-state index contributed by atoms with van der Waals surface area (Å²) in [6.07, 6.45) is 5.04. The van der Waals surface area contributed by atoms with Crippen molar-refractivity contribution in [3.63, 3.8) is 0 Å². The maximum Gasteiger partial charge on any atom is 0.284 e. The van der Waals surface area contributed by atoms with E-state index >= 15 is 0 Å². The van der Waals surface area contributed by atoms with Crippen LogP contribution in [0, 0.1) is 11.8 Å². The van der Waals surface area contributed by atoms with Crippen molar-refractivity contribution < 1.29 is 13.6 Å². The second kappa shape index (κ2) is 7.21. The van der Waals surface area contributed by atoms with Gasteiger partial charge in [-0.1, -0.05) is 38.5 Å². The minimum atomic E-state index is 0.0127. The molecular formula is C16H21N3O3S. The number of carbonyl (C=O) groups is 1. The summed E-state index contributed by atoms with van der Waals surface area (Å²) >= 11 is 1.24. The zero-order valence-electron chi connectivity index (χ0n) is 13.3.